The number of anilines is 1. The summed E-state index contributed by atoms with van der Waals surface area (Å²) < 4.78 is 0. The van der Waals surface area contributed by atoms with Gasteiger partial charge in [0.1, 0.15) is 0 Å². The lowest BCUT2D eigenvalue weighted by Crippen LogP contribution is -2.39. The molecule has 5 nitrogen and oxygen atoms in total. The number of benzene rings is 1. The van der Waals surface area contributed by atoms with Crippen molar-refractivity contribution >= 4 is 11.7 Å². The summed E-state index contributed by atoms with van der Waals surface area (Å²) in [5.41, 5.74) is 2.35. The van der Waals surface area contributed by atoms with E-state index >= 15 is 0 Å². The van der Waals surface area contributed by atoms with Crippen molar-refractivity contribution in [2.24, 2.45) is 5.41 Å². The molecule has 2 fully saturated rings. The molecule has 0 bridgehead atoms. The summed E-state index contributed by atoms with van der Waals surface area (Å²) in [6.45, 7) is 3.45. The second-order valence-electron chi connectivity index (χ2n) is 6.87. The Hall–Kier alpha value is -1.75. The maximum atomic E-state index is 12.0. The molecule has 1 aliphatic heterocycles. The Labute approximate surface area is 138 Å². The first-order chi connectivity index (χ1) is 11.2. The normalized spacial score (nSPS) is 19.3. The number of carbonyl (C=O) groups is 1. The monoisotopic (exact) mass is 317 g/mol. The van der Waals surface area contributed by atoms with Crippen molar-refractivity contribution in [3.63, 3.8) is 0 Å². The van der Waals surface area contributed by atoms with Gasteiger partial charge < -0.3 is 20.6 Å². The Morgan fingerprint density at radius 3 is 2.57 bits per heavy atom. The van der Waals surface area contributed by atoms with Gasteiger partial charge in [-0.2, -0.15) is 0 Å². The maximum Gasteiger partial charge on any atom is 0.315 e. The highest BCUT2D eigenvalue weighted by atomic mass is 16.3. The average molecular weight is 317 g/mol. The largest absolute Gasteiger partial charge is 0.396 e. The van der Waals surface area contributed by atoms with Gasteiger partial charge in [-0.15, -0.1) is 0 Å². The van der Waals surface area contributed by atoms with Crippen LogP contribution in [0.4, 0.5) is 10.5 Å². The Morgan fingerprint density at radius 2 is 1.87 bits per heavy atom. The molecule has 0 aromatic heterocycles. The van der Waals surface area contributed by atoms with Crippen molar-refractivity contribution < 1.29 is 9.90 Å². The van der Waals surface area contributed by atoms with Crippen LogP contribution in [0.1, 0.15) is 37.7 Å². The zero-order valence-electron chi connectivity index (χ0n) is 13.7. The number of carbonyl (C=O) groups excluding carboxylic acids is 1. The molecule has 1 aliphatic carbocycles. The summed E-state index contributed by atoms with van der Waals surface area (Å²) in [5.74, 6) is 0. The molecule has 1 aromatic carbocycles. The van der Waals surface area contributed by atoms with Crippen molar-refractivity contribution in [1.29, 1.82) is 0 Å². The van der Waals surface area contributed by atoms with Crippen molar-refractivity contribution in [1.82, 2.24) is 10.6 Å². The van der Waals surface area contributed by atoms with Gasteiger partial charge in [-0.3, -0.25) is 0 Å². The maximum absolute atomic E-state index is 12.0. The van der Waals surface area contributed by atoms with E-state index in [1.165, 1.54) is 24.9 Å². The molecule has 1 saturated heterocycles. The van der Waals surface area contributed by atoms with Crippen molar-refractivity contribution in [2.75, 3.05) is 31.1 Å². The van der Waals surface area contributed by atoms with Gasteiger partial charge in [0.25, 0.3) is 0 Å². The van der Waals surface area contributed by atoms with Crippen LogP contribution < -0.4 is 15.5 Å². The van der Waals surface area contributed by atoms with E-state index in [9.17, 15) is 9.90 Å². The Kier molecular flexibility index (Phi) is 5.06. The minimum Gasteiger partial charge on any atom is -0.396 e. The number of piperidine rings is 1. The molecule has 1 aromatic rings. The lowest BCUT2D eigenvalue weighted by atomic mass is 10.1. The smallest absolute Gasteiger partial charge is 0.315 e. The van der Waals surface area contributed by atoms with Gasteiger partial charge in [-0.05, 0) is 43.7 Å². The minimum absolute atomic E-state index is 0.0525. The van der Waals surface area contributed by atoms with E-state index in [1.807, 2.05) is 6.07 Å². The summed E-state index contributed by atoms with van der Waals surface area (Å²) in [6, 6.07) is 8.16. The molecule has 126 valence electrons. The number of aliphatic hydroxyl groups excluding tert-OH is 1. The van der Waals surface area contributed by atoms with Gasteiger partial charge in [-0.25, -0.2) is 4.79 Å². The fraction of sp³-hybridized carbons (Fsp3) is 0.611. The standard InChI is InChI=1S/C18H27N3O2/c22-14-18(8-9-18)13-20-17(23)19-12-15-6-2-3-7-16(15)21-10-4-1-5-11-21/h2-3,6-7,22H,1,4-5,8-14H2,(H2,19,20,23). The van der Waals surface area contributed by atoms with E-state index in [4.69, 9.17) is 0 Å². The second-order valence-corrected chi connectivity index (χ2v) is 6.87. The topological polar surface area (TPSA) is 64.6 Å². The highest BCUT2D eigenvalue weighted by Gasteiger charge is 2.42. The zero-order chi connectivity index (χ0) is 16.1. The van der Waals surface area contributed by atoms with Crippen molar-refractivity contribution in [3.05, 3.63) is 29.8 Å². The van der Waals surface area contributed by atoms with Crippen LogP contribution in [0.3, 0.4) is 0 Å². The van der Waals surface area contributed by atoms with Gasteiger partial charge in [-0.1, -0.05) is 18.2 Å². The third-order valence-corrected chi connectivity index (χ3v) is 5.04. The number of nitrogens with zero attached hydrogens (tertiary/aromatic N) is 1. The summed E-state index contributed by atoms with van der Waals surface area (Å²) in [4.78, 5) is 14.4. The molecule has 1 heterocycles. The molecule has 2 amide bonds. The van der Waals surface area contributed by atoms with Gasteiger partial charge in [0, 0.05) is 37.3 Å². The molecule has 0 unspecified atom stereocenters. The molecule has 23 heavy (non-hydrogen) atoms. The summed E-state index contributed by atoms with van der Waals surface area (Å²) >= 11 is 0. The molecular formula is C18H27N3O2. The van der Waals surface area contributed by atoms with E-state index < -0.39 is 0 Å². The molecule has 0 spiro atoms. The van der Waals surface area contributed by atoms with Crippen LogP contribution >= 0.6 is 0 Å². The van der Waals surface area contributed by atoms with Crippen LogP contribution in [0.15, 0.2) is 24.3 Å². The fourth-order valence-corrected chi connectivity index (χ4v) is 3.18. The van der Waals surface area contributed by atoms with Crippen LogP contribution in [0.25, 0.3) is 0 Å². The molecule has 3 N–H and O–H groups in total. The molecular weight excluding hydrogens is 290 g/mol. The highest BCUT2D eigenvalue weighted by Crippen LogP contribution is 2.44. The predicted octanol–water partition coefficient (Wildman–Crippen LogP) is 2.25. The number of nitrogens with one attached hydrogen (secondary N) is 2. The van der Waals surface area contributed by atoms with Gasteiger partial charge in [0.15, 0.2) is 0 Å². The Bertz CT molecular complexity index is 537. The molecule has 0 atom stereocenters. The first kappa shape index (κ1) is 16.1. The van der Waals surface area contributed by atoms with E-state index in [0.29, 0.717) is 13.1 Å². The number of urea groups is 1. The van der Waals surface area contributed by atoms with E-state index in [2.05, 4.69) is 33.7 Å². The van der Waals surface area contributed by atoms with Crippen molar-refractivity contribution in [2.45, 2.75) is 38.6 Å². The van der Waals surface area contributed by atoms with E-state index in [0.717, 1.165) is 31.5 Å². The molecule has 1 saturated carbocycles. The first-order valence-corrected chi connectivity index (χ1v) is 8.68. The second kappa shape index (κ2) is 7.21. The lowest BCUT2D eigenvalue weighted by Gasteiger charge is -2.30. The molecule has 2 aliphatic rings. The number of para-hydroxylation sites is 1. The van der Waals surface area contributed by atoms with Crippen LogP contribution in [0.2, 0.25) is 0 Å². The van der Waals surface area contributed by atoms with E-state index in [-0.39, 0.29) is 18.1 Å². The van der Waals surface area contributed by atoms with Crippen LogP contribution in [-0.2, 0) is 6.54 Å². The first-order valence-electron chi connectivity index (χ1n) is 8.68. The van der Waals surface area contributed by atoms with Gasteiger partial charge >= 0.3 is 6.03 Å². The number of amides is 2. The summed E-state index contributed by atoms with van der Waals surface area (Å²) in [6.07, 6.45) is 5.80. The third-order valence-electron chi connectivity index (χ3n) is 5.04. The Balaban J connectivity index is 1.52. The predicted molar refractivity (Wildman–Crippen MR) is 91.5 cm³/mol. The average Bonchev–Trinajstić information content (AvgIpc) is 3.40. The molecule has 3 rings (SSSR count). The lowest BCUT2D eigenvalue weighted by molar-refractivity contribution is 0.203. The van der Waals surface area contributed by atoms with E-state index in [1.54, 1.807) is 0 Å². The van der Waals surface area contributed by atoms with Crippen LogP contribution in [0.5, 0.6) is 0 Å². The Morgan fingerprint density at radius 1 is 1.13 bits per heavy atom. The van der Waals surface area contributed by atoms with Crippen LogP contribution in [0, 0.1) is 5.41 Å². The number of aliphatic hydroxyl groups is 1. The SMILES string of the molecule is O=C(NCc1ccccc1N1CCCCC1)NCC1(CO)CC1. The van der Waals surface area contributed by atoms with Crippen molar-refractivity contribution in [3.8, 4) is 0 Å². The summed E-state index contributed by atoms with van der Waals surface area (Å²) in [7, 11) is 0. The highest BCUT2D eigenvalue weighted by molar-refractivity contribution is 5.74. The third kappa shape index (κ3) is 4.16. The minimum atomic E-state index is -0.154. The van der Waals surface area contributed by atoms with Gasteiger partial charge in [0.05, 0.1) is 6.61 Å². The fourth-order valence-electron chi connectivity index (χ4n) is 3.18. The quantitative estimate of drug-likeness (QED) is 0.754. The number of hydrogen-bond donors (Lipinski definition) is 3. The zero-order valence-corrected chi connectivity index (χ0v) is 13.7. The number of rotatable bonds is 6. The number of hydrogen-bond acceptors (Lipinski definition) is 3. The molecule has 0 radical (unpaired) electrons. The van der Waals surface area contributed by atoms with Gasteiger partial charge in [0.2, 0.25) is 0 Å². The molecule has 5 heteroatoms. The summed E-state index contributed by atoms with van der Waals surface area (Å²) in [5, 5.41) is 15.1. The van der Waals surface area contributed by atoms with Crippen LogP contribution in [-0.4, -0.2) is 37.4 Å².